The smallest absolute Gasteiger partial charge is 0.151 e. The quantitative estimate of drug-likeness (QED) is 0.914. The van der Waals surface area contributed by atoms with Crippen molar-refractivity contribution < 1.29 is 0 Å². The van der Waals surface area contributed by atoms with Gasteiger partial charge in [0.05, 0.1) is 11.4 Å². The van der Waals surface area contributed by atoms with Crippen molar-refractivity contribution >= 4 is 5.82 Å². The molecule has 6 heteroatoms. The Hall–Kier alpha value is -1.95. The average molecular weight is 355 g/mol. The van der Waals surface area contributed by atoms with Gasteiger partial charge in [-0.05, 0) is 43.2 Å². The molecule has 1 aliphatic carbocycles. The lowest BCUT2D eigenvalue weighted by molar-refractivity contribution is 0.338. The Morgan fingerprint density at radius 3 is 2.58 bits per heavy atom. The Bertz CT molecular complexity index is 788. The first-order valence-corrected chi connectivity index (χ1v) is 9.61. The van der Waals surface area contributed by atoms with Crippen molar-refractivity contribution in [2.75, 3.05) is 11.4 Å². The largest absolute Gasteiger partial charge is 0.351 e. The van der Waals surface area contributed by atoms with E-state index in [-0.39, 0.29) is 0 Å². The van der Waals surface area contributed by atoms with Gasteiger partial charge >= 0.3 is 0 Å². The van der Waals surface area contributed by atoms with Gasteiger partial charge in [-0.15, -0.1) is 10.2 Å². The molecule has 0 radical (unpaired) electrons. The highest BCUT2D eigenvalue weighted by atomic mass is 15.3. The van der Waals surface area contributed by atoms with Gasteiger partial charge in [0.2, 0.25) is 0 Å². The van der Waals surface area contributed by atoms with Crippen molar-refractivity contribution in [3.8, 4) is 11.3 Å². The van der Waals surface area contributed by atoms with E-state index >= 15 is 0 Å². The van der Waals surface area contributed by atoms with E-state index in [1.54, 1.807) is 0 Å². The van der Waals surface area contributed by atoms with Crippen LogP contribution in [0.3, 0.4) is 0 Å². The highest BCUT2D eigenvalue weighted by Gasteiger charge is 2.59. The second-order valence-electron chi connectivity index (χ2n) is 9.22. The predicted molar refractivity (Wildman–Crippen MR) is 104 cm³/mol. The van der Waals surface area contributed by atoms with Crippen LogP contribution in [0, 0.1) is 24.2 Å². The van der Waals surface area contributed by atoms with Crippen LogP contribution in [0.25, 0.3) is 11.3 Å². The van der Waals surface area contributed by atoms with Crippen LogP contribution in [0.5, 0.6) is 0 Å². The fourth-order valence-electron chi connectivity index (χ4n) is 4.45. The average Bonchev–Trinajstić information content (AvgIpc) is 2.92. The third kappa shape index (κ3) is 3.11. The van der Waals surface area contributed by atoms with Crippen molar-refractivity contribution in [1.29, 1.82) is 0 Å². The fraction of sp³-hybridized carbons (Fsp3) is 0.650. The van der Waals surface area contributed by atoms with Crippen LogP contribution in [0.4, 0.5) is 5.82 Å². The summed E-state index contributed by atoms with van der Waals surface area (Å²) in [5.74, 6) is 2.23. The molecule has 140 valence electrons. The summed E-state index contributed by atoms with van der Waals surface area (Å²) in [4.78, 5) is 2.44. The van der Waals surface area contributed by atoms with Crippen LogP contribution < -0.4 is 10.6 Å². The summed E-state index contributed by atoms with van der Waals surface area (Å²) >= 11 is 0. The van der Waals surface area contributed by atoms with Crippen LogP contribution in [-0.2, 0) is 7.05 Å². The molecule has 3 heterocycles. The number of hydrogen-bond acceptors (Lipinski definition) is 5. The monoisotopic (exact) mass is 354 g/mol. The molecule has 4 unspecified atom stereocenters. The maximum Gasteiger partial charge on any atom is 0.151 e. The Morgan fingerprint density at radius 2 is 2.00 bits per heavy atom. The summed E-state index contributed by atoms with van der Waals surface area (Å²) in [5.41, 5.74) is 9.53. The summed E-state index contributed by atoms with van der Waals surface area (Å²) in [6.07, 6.45) is 4.36. The molecule has 4 atom stereocenters. The standard InChI is InChI=1S/C20H30N6/c1-12-13(10-25(5)24-12)15-6-7-17(23-22-15)26-11-14-18(19(14)21)16(26)8-9-20(2,3)4/h6-7,10,14,16,18-19H,8-9,11,21H2,1-5H3. The van der Waals surface area contributed by atoms with Crippen LogP contribution in [0.1, 0.15) is 39.3 Å². The van der Waals surface area contributed by atoms with E-state index in [1.807, 2.05) is 24.9 Å². The zero-order valence-electron chi connectivity index (χ0n) is 16.5. The molecule has 0 amide bonds. The molecule has 1 saturated carbocycles. The van der Waals surface area contributed by atoms with Crippen molar-refractivity contribution in [3.63, 3.8) is 0 Å². The van der Waals surface area contributed by atoms with Gasteiger partial charge in [-0.2, -0.15) is 5.10 Å². The first-order valence-electron chi connectivity index (χ1n) is 9.61. The number of fused-ring (bicyclic) bond motifs is 1. The molecule has 2 fully saturated rings. The van der Waals surface area contributed by atoms with Gasteiger partial charge in [0.1, 0.15) is 0 Å². The number of anilines is 1. The topological polar surface area (TPSA) is 72.9 Å². The van der Waals surface area contributed by atoms with Gasteiger partial charge in [-0.3, -0.25) is 4.68 Å². The molecular formula is C20H30N6. The minimum absolute atomic E-state index is 0.343. The Labute approximate surface area is 155 Å². The SMILES string of the molecule is Cc1nn(C)cc1-c1ccc(N2CC3C(N)C3C2CCC(C)(C)C)nn1. The highest BCUT2D eigenvalue weighted by Crippen LogP contribution is 2.51. The Balaban J connectivity index is 1.53. The summed E-state index contributed by atoms with van der Waals surface area (Å²) in [6, 6.07) is 5.04. The molecule has 26 heavy (non-hydrogen) atoms. The van der Waals surface area contributed by atoms with E-state index in [0.717, 1.165) is 29.3 Å². The normalized spacial score (nSPS) is 27.7. The van der Waals surface area contributed by atoms with Gasteiger partial charge in [-0.25, -0.2) is 0 Å². The van der Waals surface area contributed by atoms with E-state index in [4.69, 9.17) is 5.73 Å². The molecule has 0 bridgehead atoms. The number of nitrogens with two attached hydrogens (primary N) is 1. The lowest BCUT2D eigenvalue weighted by Crippen LogP contribution is -2.38. The molecule has 2 aromatic heterocycles. The number of nitrogens with zero attached hydrogens (tertiary/aromatic N) is 5. The summed E-state index contributed by atoms with van der Waals surface area (Å²) in [5, 5.41) is 13.4. The van der Waals surface area contributed by atoms with Crippen molar-refractivity contribution in [2.24, 2.45) is 30.0 Å². The van der Waals surface area contributed by atoms with Crippen molar-refractivity contribution in [1.82, 2.24) is 20.0 Å². The van der Waals surface area contributed by atoms with Gasteiger partial charge in [0.25, 0.3) is 0 Å². The van der Waals surface area contributed by atoms with Crippen LogP contribution in [0.2, 0.25) is 0 Å². The predicted octanol–water partition coefficient (Wildman–Crippen LogP) is 2.77. The first-order chi connectivity index (χ1) is 12.2. The van der Waals surface area contributed by atoms with Gasteiger partial charge < -0.3 is 10.6 Å². The second kappa shape index (κ2) is 6.05. The number of aryl methyl sites for hydroxylation is 2. The van der Waals surface area contributed by atoms with E-state index in [1.165, 1.54) is 12.8 Å². The number of hydrogen-bond donors (Lipinski definition) is 1. The number of aromatic nitrogens is 4. The zero-order chi connectivity index (χ0) is 18.6. The van der Waals surface area contributed by atoms with E-state index in [9.17, 15) is 0 Å². The van der Waals surface area contributed by atoms with Crippen LogP contribution in [0.15, 0.2) is 18.3 Å². The third-order valence-corrected chi connectivity index (χ3v) is 5.97. The molecule has 2 aromatic rings. The maximum atomic E-state index is 6.29. The van der Waals surface area contributed by atoms with Crippen LogP contribution >= 0.6 is 0 Å². The molecule has 2 aliphatic rings. The van der Waals surface area contributed by atoms with Gasteiger partial charge in [-0.1, -0.05) is 20.8 Å². The van der Waals surface area contributed by atoms with Crippen molar-refractivity contribution in [3.05, 3.63) is 24.0 Å². The molecule has 1 saturated heterocycles. The lowest BCUT2D eigenvalue weighted by Gasteiger charge is -2.31. The summed E-state index contributed by atoms with van der Waals surface area (Å²) < 4.78 is 1.82. The molecule has 0 aromatic carbocycles. The van der Waals surface area contributed by atoms with E-state index in [0.29, 0.717) is 29.3 Å². The summed E-state index contributed by atoms with van der Waals surface area (Å²) in [6.45, 7) is 9.94. The second-order valence-corrected chi connectivity index (χ2v) is 9.22. The molecule has 1 aliphatic heterocycles. The molecular weight excluding hydrogens is 324 g/mol. The first kappa shape index (κ1) is 17.5. The minimum atomic E-state index is 0.343. The van der Waals surface area contributed by atoms with E-state index < -0.39 is 0 Å². The molecule has 4 rings (SSSR count). The van der Waals surface area contributed by atoms with Gasteiger partial charge in [0, 0.05) is 43.4 Å². The highest BCUT2D eigenvalue weighted by molar-refractivity contribution is 5.61. The van der Waals surface area contributed by atoms with Crippen LogP contribution in [-0.4, -0.2) is 38.6 Å². The maximum absolute atomic E-state index is 6.29. The number of piperidine rings is 1. The van der Waals surface area contributed by atoms with Gasteiger partial charge in [0.15, 0.2) is 5.82 Å². The number of rotatable bonds is 4. The molecule has 0 spiro atoms. The third-order valence-electron chi connectivity index (χ3n) is 5.97. The lowest BCUT2D eigenvalue weighted by atomic mass is 9.87. The van der Waals surface area contributed by atoms with E-state index in [2.05, 4.69) is 53.1 Å². The molecule has 2 N–H and O–H groups in total. The summed E-state index contributed by atoms with van der Waals surface area (Å²) in [7, 11) is 1.93. The fourth-order valence-corrected chi connectivity index (χ4v) is 4.45. The minimum Gasteiger partial charge on any atom is -0.351 e. The Kier molecular flexibility index (Phi) is 4.06. The molecule has 6 nitrogen and oxygen atoms in total. The Morgan fingerprint density at radius 1 is 1.23 bits per heavy atom. The van der Waals surface area contributed by atoms with Crippen molar-refractivity contribution in [2.45, 2.75) is 52.6 Å². The zero-order valence-corrected chi connectivity index (χ0v) is 16.5.